The molecule has 3 aromatic rings. The lowest BCUT2D eigenvalue weighted by Gasteiger charge is -2.36. The monoisotopic (exact) mass is 544 g/mol. The Morgan fingerprint density at radius 1 is 1.22 bits per heavy atom. The van der Waals surface area contributed by atoms with E-state index in [4.69, 9.17) is 21.1 Å². The van der Waals surface area contributed by atoms with Crippen molar-refractivity contribution >= 4 is 33.3 Å². The molecule has 0 saturated carbocycles. The van der Waals surface area contributed by atoms with E-state index in [-0.39, 0.29) is 28.6 Å². The summed E-state index contributed by atoms with van der Waals surface area (Å²) < 4.78 is 39.0. The van der Waals surface area contributed by atoms with Crippen molar-refractivity contribution < 1.29 is 22.7 Å². The molecule has 1 saturated heterocycles. The first-order valence-electron chi connectivity index (χ1n) is 11.7. The molecule has 1 N–H and O–H groups in total. The van der Waals surface area contributed by atoms with Crippen LogP contribution in [0.5, 0.6) is 11.6 Å². The minimum absolute atomic E-state index is 0.0807. The number of rotatable bonds is 8. The fourth-order valence-corrected chi connectivity index (χ4v) is 5.42. The number of methoxy groups -OCH3 is 1. The average molecular weight is 545 g/mol. The molecule has 1 amide bonds. The molecule has 3 heterocycles. The molecule has 4 rings (SSSR count). The minimum Gasteiger partial charge on any atom is -0.495 e. The van der Waals surface area contributed by atoms with Crippen LogP contribution in [-0.2, 0) is 16.6 Å². The van der Waals surface area contributed by atoms with Crippen molar-refractivity contribution in [3.05, 3.63) is 70.9 Å². The van der Waals surface area contributed by atoms with Crippen LogP contribution in [0.15, 0.2) is 59.8 Å². The molecular weight excluding hydrogens is 516 g/mol. The number of anilines is 1. The van der Waals surface area contributed by atoms with E-state index in [0.717, 1.165) is 18.5 Å². The molecule has 0 radical (unpaired) electrons. The van der Waals surface area contributed by atoms with Crippen molar-refractivity contribution in [3.63, 3.8) is 0 Å². The van der Waals surface area contributed by atoms with Gasteiger partial charge in [-0.2, -0.15) is 13.4 Å². The number of nitrogens with zero attached hydrogens (tertiary/aromatic N) is 3. The van der Waals surface area contributed by atoms with E-state index in [9.17, 15) is 13.2 Å². The molecule has 1 atom stereocenters. The van der Waals surface area contributed by atoms with Crippen LogP contribution in [0.4, 0.5) is 5.82 Å². The molecule has 196 valence electrons. The first-order valence-corrected chi connectivity index (χ1v) is 13.6. The second-order valence-corrected chi connectivity index (χ2v) is 11.4. The number of carbonyl (C=O) groups is 1. The molecule has 0 bridgehead atoms. The molecule has 1 aliphatic rings. The third kappa shape index (κ3) is 5.65. The van der Waals surface area contributed by atoms with E-state index in [1.807, 2.05) is 0 Å². The van der Waals surface area contributed by atoms with Gasteiger partial charge in [0.25, 0.3) is 15.9 Å². The van der Waals surface area contributed by atoms with E-state index in [0.29, 0.717) is 22.5 Å². The Kier molecular flexibility index (Phi) is 7.61. The third-order valence-electron chi connectivity index (χ3n) is 6.78. The van der Waals surface area contributed by atoms with Gasteiger partial charge in [-0.05, 0) is 62.1 Å². The van der Waals surface area contributed by atoms with Crippen LogP contribution >= 0.6 is 11.6 Å². The van der Waals surface area contributed by atoms with E-state index in [1.54, 1.807) is 36.5 Å². The Morgan fingerprint density at radius 2 is 2.00 bits per heavy atom. The number of hydrogen-bond donors (Lipinski definition) is 1. The van der Waals surface area contributed by atoms with Crippen LogP contribution < -0.4 is 19.1 Å². The number of halogens is 1. The summed E-state index contributed by atoms with van der Waals surface area (Å²) in [5.74, 6) is 0.673. The molecule has 2 aromatic heterocycles. The summed E-state index contributed by atoms with van der Waals surface area (Å²) in [4.78, 5) is 23.7. The molecule has 9 nitrogen and oxygen atoms in total. The maximum atomic E-state index is 13.1. The quantitative estimate of drug-likeness (QED) is 0.442. The molecule has 11 heteroatoms. The topological polar surface area (TPSA) is 111 Å². The van der Waals surface area contributed by atoms with Crippen LogP contribution in [0, 0.1) is 5.92 Å². The van der Waals surface area contributed by atoms with Crippen LogP contribution in [0.1, 0.15) is 43.1 Å². The normalized spacial score (nSPS) is 16.9. The highest BCUT2D eigenvalue weighted by molar-refractivity contribution is 7.90. The van der Waals surface area contributed by atoms with Crippen molar-refractivity contribution in [2.24, 2.45) is 5.92 Å². The molecule has 1 unspecified atom stereocenters. The molecule has 1 fully saturated rings. The summed E-state index contributed by atoms with van der Waals surface area (Å²) in [6.45, 7) is 7.16. The van der Waals surface area contributed by atoms with Gasteiger partial charge in [0.05, 0.1) is 17.7 Å². The van der Waals surface area contributed by atoms with Gasteiger partial charge in [0.1, 0.15) is 18.2 Å². The standard InChI is InChI=1S/C26H29ClN4O5S/c1-17-12-14-31(26(17,2)3)24-19(7-6-13-28-24)25(32)30-37(33,34)23-9-5-8-22(29-23)36-16-18-10-11-21(35-4)20(27)15-18/h5-11,13,15,17H,12,14,16H2,1-4H3,(H,30,32). The maximum Gasteiger partial charge on any atom is 0.281 e. The number of amides is 1. The van der Waals surface area contributed by atoms with Crippen molar-refractivity contribution in [2.45, 2.75) is 44.4 Å². The van der Waals surface area contributed by atoms with E-state index in [1.165, 1.54) is 25.3 Å². The Hall–Kier alpha value is -3.37. The zero-order chi connectivity index (χ0) is 26.8. The van der Waals surface area contributed by atoms with E-state index >= 15 is 0 Å². The Bertz CT molecular complexity index is 1410. The lowest BCUT2D eigenvalue weighted by atomic mass is 9.90. The van der Waals surface area contributed by atoms with Crippen molar-refractivity contribution in [2.75, 3.05) is 18.6 Å². The highest BCUT2D eigenvalue weighted by Crippen LogP contribution is 2.38. The molecule has 0 aliphatic carbocycles. The highest BCUT2D eigenvalue weighted by Gasteiger charge is 2.40. The molecular formula is C26H29ClN4O5S. The summed E-state index contributed by atoms with van der Waals surface area (Å²) in [6, 6.07) is 12.7. The van der Waals surface area contributed by atoms with Crippen LogP contribution in [0.2, 0.25) is 5.02 Å². The molecule has 0 spiro atoms. The molecule has 37 heavy (non-hydrogen) atoms. The second kappa shape index (κ2) is 10.5. The second-order valence-electron chi connectivity index (χ2n) is 9.38. The average Bonchev–Trinajstić information content (AvgIpc) is 3.14. The zero-order valence-electron chi connectivity index (χ0n) is 21.1. The van der Waals surface area contributed by atoms with Gasteiger partial charge in [0.2, 0.25) is 5.88 Å². The summed E-state index contributed by atoms with van der Waals surface area (Å²) in [6.07, 6.45) is 2.54. The lowest BCUT2D eigenvalue weighted by molar-refractivity contribution is 0.0981. The summed E-state index contributed by atoms with van der Waals surface area (Å²) >= 11 is 6.15. The van der Waals surface area contributed by atoms with Crippen LogP contribution in [0.3, 0.4) is 0 Å². The van der Waals surface area contributed by atoms with E-state index < -0.39 is 15.9 Å². The first-order chi connectivity index (χ1) is 17.5. The third-order valence-corrected chi connectivity index (χ3v) is 8.31. The fourth-order valence-electron chi connectivity index (χ4n) is 4.21. The van der Waals surface area contributed by atoms with Gasteiger partial charge in [-0.3, -0.25) is 4.79 Å². The zero-order valence-corrected chi connectivity index (χ0v) is 22.6. The Labute approximate surface area is 221 Å². The number of sulfonamides is 1. The number of carbonyl (C=O) groups excluding carboxylic acids is 1. The Balaban J connectivity index is 1.50. The summed E-state index contributed by atoms with van der Waals surface area (Å²) in [7, 11) is -2.76. The Morgan fingerprint density at radius 3 is 2.68 bits per heavy atom. The number of ether oxygens (including phenoxy) is 2. The van der Waals surface area contributed by atoms with Gasteiger partial charge in [-0.1, -0.05) is 30.7 Å². The molecule has 1 aromatic carbocycles. The van der Waals surface area contributed by atoms with Crippen molar-refractivity contribution in [1.29, 1.82) is 0 Å². The van der Waals surface area contributed by atoms with Gasteiger partial charge < -0.3 is 14.4 Å². The predicted octanol–water partition coefficient (Wildman–Crippen LogP) is 4.46. The van der Waals surface area contributed by atoms with Crippen LogP contribution in [0.25, 0.3) is 0 Å². The summed E-state index contributed by atoms with van der Waals surface area (Å²) in [5, 5.41) is 0.0869. The maximum absolute atomic E-state index is 13.1. The van der Waals surface area contributed by atoms with Crippen molar-refractivity contribution in [3.8, 4) is 11.6 Å². The predicted molar refractivity (Wildman–Crippen MR) is 141 cm³/mol. The fraction of sp³-hybridized carbons (Fsp3) is 0.346. The van der Waals surface area contributed by atoms with Gasteiger partial charge >= 0.3 is 0 Å². The van der Waals surface area contributed by atoms with Gasteiger partial charge in [0.15, 0.2) is 5.03 Å². The van der Waals surface area contributed by atoms with Gasteiger partial charge in [-0.25, -0.2) is 9.71 Å². The van der Waals surface area contributed by atoms with E-state index in [2.05, 4.69) is 40.4 Å². The summed E-state index contributed by atoms with van der Waals surface area (Å²) in [5.41, 5.74) is 0.693. The highest BCUT2D eigenvalue weighted by atomic mass is 35.5. The molecule has 1 aliphatic heterocycles. The number of aromatic nitrogens is 2. The number of pyridine rings is 2. The van der Waals surface area contributed by atoms with Gasteiger partial charge in [0, 0.05) is 24.3 Å². The van der Waals surface area contributed by atoms with Crippen LogP contribution in [-0.4, -0.2) is 43.5 Å². The smallest absolute Gasteiger partial charge is 0.281 e. The van der Waals surface area contributed by atoms with Crippen molar-refractivity contribution in [1.82, 2.24) is 14.7 Å². The number of nitrogens with one attached hydrogen (secondary N) is 1. The van der Waals surface area contributed by atoms with Gasteiger partial charge in [-0.15, -0.1) is 0 Å². The number of benzene rings is 1. The minimum atomic E-state index is -4.28. The largest absolute Gasteiger partial charge is 0.495 e. The SMILES string of the molecule is COc1ccc(COc2cccc(S(=O)(=O)NC(=O)c3cccnc3N3CCC(C)C3(C)C)n2)cc1Cl. The first kappa shape index (κ1) is 26.7. The lowest BCUT2D eigenvalue weighted by Crippen LogP contribution is -2.43. The number of hydrogen-bond acceptors (Lipinski definition) is 8.